The van der Waals surface area contributed by atoms with Crippen LogP contribution in [0.4, 0.5) is 4.79 Å². The molecule has 0 saturated heterocycles. The maximum absolute atomic E-state index is 13.0. The second-order valence-corrected chi connectivity index (χ2v) is 6.99. The molecule has 0 spiro atoms. The van der Waals surface area contributed by atoms with Crippen LogP contribution in [0.15, 0.2) is 96.1 Å². The lowest BCUT2D eigenvalue weighted by atomic mass is 10.0. The summed E-state index contributed by atoms with van der Waals surface area (Å²) in [7, 11) is 0. The van der Waals surface area contributed by atoms with Gasteiger partial charge in [-0.2, -0.15) is 5.10 Å². The molecule has 0 aliphatic rings. The number of nitrogens with zero attached hydrogens (tertiary/aromatic N) is 2. The highest BCUT2D eigenvalue weighted by Crippen LogP contribution is 2.12. The number of hydrazone groups is 1. The topological polar surface area (TPSA) is 82.0 Å². The van der Waals surface area contributed by atoms with Crippen LogP contribution in [-0.4, -0.2) is 40.3 Å². The Balaban J connectivity index is 1.88. The van der Waals surface area contributed by atoms with Crippen LogP contribution in [-0.2, 0) is 11.2 Å². The van der Waals surface area contributed by atoms with Gasteiger partial charge in [-0.3, -0.25) is 4.90 Å². The maximum Gasteiger partial charge on any atom is 0.339 e. The van der Waals surface area contributed by atoms with E-state index in [-0.39, 0.29) is 13.0 Å². The van der Waals surface area contributed by atoms with Crippen molar-refractivity contribution < 1.29 is 14.7 Å². The van der Waals surface area contributed by atoms with Crippen molar-refractivity contribution in [1.29, 1.82) is 0 Å². The molecule has 0 saturated carbocycles. The predicted molar refractivity (Wildman–Crippen MR) is 124 cm³/mol. The van der Waals surface area contributed by atoms with E-state index in [1.807, 2.05) is 91.0 Å². The molecule has 0 heterocycles. The van der Waals surface area contributed by atoms with Gasteiger partial charge in [0.1, 0.15) is 6.04 Å². The minimum absolute atomic E-state index is 0.124. The summed E-state index contributed by atoms with van der Waals surface area (Å²) in [6.07, 6.45) is 5.56. The number of carboxylic acids is 1. The number of carbonyl (C=O) groups excluding carboxylic acids is 1. The quantitative estimate of drug-likeness (QED) is 0.327. The van der Waals surface area contributed by atoms with E-state index >= 15 is 0 Å². The third kappa shape index (κ3) is 5.83. The van der Waals surface area contributed by atoms with Gasteiger partial charge in [0.15, 0.2) is 0 Å². The SMILES string of the molecule is C#CCN(C(=O)NN=C(c1ccccc1)c1ccccc1)[C@H](Cc1ccccc1)C(=O)O. The van der Waals surface area contributed by atoms with Crippen LogP contribution in [0.5, 0.6) is 0 Å². The number of urea groups is 1. The van der Waals surface area contributed by atoms with Crippen LogP contribution >= 0.6 is 0 Å². The maximum atomic E-state index is 13.0. The summed E-state index contributed by atoms with van der Waals surface area (Å²) >= 11 is 0. The molecule has 0 radical (unpaired) electrons. The lowest BCUT2D eigenvalue weighted by Gasteiger charge is -2.26. The van der Waals surface area contributed by atoms with E-state index in [4.69, 9.17) is 6.42 Å². The molecule has 160 valence electrons. The number of benzene rings is 3. The van der Waals surface area contributed by atoms with Crippen molar-refractivity contribution in [2.24, 2.45) is 5.10 Å². The largest absolute Gasteiger partial charge is 0.480 e. The zero-order valence-corrected chi connectivity index (χ0v) is 17.4. The minimum Gasteiger partial charge on any atom is -0.480 e. The Morgan fingerprint density at radius 3 is 1.88 bits per heavy atom. The number of carbonyl (C=O) groups is 2. The number of nitrogens with one attached hydrogen (secondary N) is 1. The smallest absolute Gasteiger partial charge is 0.339 e. The summed E-state index contributed by atoms with van der Waals surface area (Å²) in [5.41, 5.74) is 5.45. The average Bonchev–Trinajstić information content (AvgIpc) is 2.83. The molecule has 3 aromatic rings. The van der Waals surface area contributed by atoms with E-state index in [0.29, 0.717) is 5.71 Å². The molecule has 0 aliphatic carbocycles. The van der Waals surface area contributed by atoms with Crippen molar-refractivity contribution in [3.8, 4) is 12.3 Å². The number of hydrogen-bond donors (Lipinski definition) is 2. The van der Waals surface area contributed by atoms with Crippen molar-refractivity contribution in [2.75, 3.05) is 6.54 Å². The second-order valence-electron chi connectivity index (χ2n) is 6.99. The van der Waals surface area contributed by atoms with Gasteiger partial charge in [0.2, 0.25) is 0 Å². The van der Waals surface area contributed by atoms with Crippen molar-refractivity contribution >= 4 is 17.7 Å². The van der Waals surface area contributed by atoms with Gasteiger partial charge in [-0.25, -0.2) is 15.0 Å². The van der Waals surface area contributed by atoms with E-state index in [1.54, 1.807) is 0 Å². The van der Waals surface area contributed by atoms with Crippen LogP contribution in [0.25, 0.3) is 0 Å². The molecule has 0 aromatic heterocycles. The van der Waals surface area contributed by atoms with Gasteiger partial charge >= 0.3 is 12.0 Å². The van der Waals surface area contributed by atoms with Crippen molar-refractivity contribution in [2.45, 2.75) is 12.5 Å². The van der Waals surface area contributed by atoms with Gasteiger partial charge in [-0.05, 0) is 5.56 Å². The molecule has 0 unspecified atom stereocenters. The Morgan fingerprint density at radius 1 is 0.906 bits per heavy atom. The first kappa shape index (κ1) is 22.3. The van der Waals surface area contributed by atoms with Crippen molar-refractivity contribution in [3.63, 3.8) is 0 Å². The van der Waals surface area contributed by atoms with Crippen LogP contribution < -0.4 is 5.43 Å². The fraction of sp³-hybridized carbons (Fsp3) is 0.115. The summed E-state index contributed by atoms with van der Waals surface area (Å²) in [6, 6.07) is 26.1. The normalized spacial score (nSPS) is 11.0. The Bertz CT molecular complexity index is 1070. The van der Waals surface area contributed by atoms with Crippen molar-refractivity contribution in [1.82, 2.24) is 10.3 Å². The van der Waals surface area contributed by atoms with Crippen LogP contribution in [0, 0.1) is 12.3 Å². The van der Waals surface area contributed by atoms with E-state index in [2.05, 4.69) is 16.4 Å². The molecule has 2 amide bonds. The lowest BCUT2D eigenvalue weighted by Crippen LogP contribution is -2.50. The third-order valence-corrected chi connectivity index (χ3v) is 4.81. The number of rotatable bonds is 8. The summed E-state index contributed by atoms with van der Waals surface area (Å²) in [4.78, 5) is 26.1. The highest BCUT2D eigenvalue weighted by atomic mass is 16.4. The highest BCUT2D eigenvalue weighted by molar-refractivity contribution is 6.13. The molecular weight excluding hydrogens is 402 g/mol. The van der Waals surface area contributed by atoms with E-state index in [9.17, 15) is 14.7 Å². The highest BCUT2D eigenvalue weighted by Gasteiger charge is 2.29. The molecule has 1 atom stereocenters. The summed E-state index contributed by atoms with van der Waals surface area (Å²) < 4.78 is 0. The monoisotopic (exact) mass is 425 g/mol. The second kappa shape index (κ2) is 11.1. The standard InChI is InChI=1S/C26H23N3O3/c1-2-18-29(23(25(30)31)19-20-12-6-3-7-13-20)26(32)28-27-24(21-14-8-4-9-15-21)22-16-10-5-11-17-22/h1,3-17,23H,18-19H2,(H,28,32)(H,30,31)/t23-/m1/s1. The van der Waals surface area contributed by atoms with Crippen molar-refractivity contribution in [3.05, 3.63) is 108 Å². The lowest BCUT2D eigenvalue weighted by molar-refractivity contribution is -0.142. The van der Waals surface area contributed by atoms with E-state index < -0.39 is 18.0 Å². The fourth-order valence-corrected chi connectivity index (χ4v) is 3.25. The Hall–Kier alpha value is -4.37. The first-order valence-corrected chi connectivity index (χ1v) is 10.1. The number of aliphatic carboxylic acids is 1. The molecule has 6 heteroatoms. The van der Waals surface area contributed by atoms with E-state index in [0.717, 1.165) is 21.6 Å². The zero-order chi connectivity index (χ0) is 22.8. The van der Waals surface area contributed by atoms with Gasteiger partial charge < -0.3 is 5.11 Å². The number of amides is 2. The Labute approximate surface area is 187 Å². The first-order chi connectivity index (χ1) is 15.6. The van der Waals surface area contributed by atoms with Gasteiger partial charge in [0.25, 0.3) is 0 Å². The molecule has 2 N–H and O–H groups in total. The number of carboxylic acid groups (broad SMARTS) is 1. The van der Waals surface area contributed by atoms with Gasteiger partial charge in [0.05, 0.1) is 12.3 Å². The minimum atomic E-state index is -1.14. The Kier molecular flexibility index (Phi) is 7.77. The molecule has 0 bridgehead atoms. The molecule has 0 aliphatic heterocycles. The van der Waals surface area contributed by atoms with Crippen LogP contribution in [0.3, 0.4) is 0 Å². The zero-order valence-electron chi connectivity index (χ0n) is 17.4. The third-order valence-electron chi connectivity index (χ3n) is 4.81. The summed E-state index contributed by atoms with van der Waals surface area (Å²) in [6.45, 7) is -0.169. The molecule has 0 fully saturated rings. The molecule has 6 nitrogen and oxygen atoms in total. The average molecular weight is 425 g/mol. The molecule has 3 aromatic carbocycles. The Morgan fingerprint density at radius 2 is 1.41 bits per heavy atom. The summed E-state index contributed by atoms with van der Waals surface area (Å²) in [5, 5.41) is 14.1. The van der Waals surface area contributed by atoms with Gasteiger partial charge in [-0.15, -0.1) is 6.42 Å². The summed E-state index contributed by atoms with van der Waals surface area (Å²) in [5.74, 6) is 1.23. The van der Waals surface area contributed by atoms with Gasteiger partial charge in [-0.1, -0.05) is 96.9 Å². The molecule has 32 heavy (non-hydrogen) atoms. The van der Waals surface area contributed by atoms with Gasteiger partial charge in [0, 0.05) is 17.5 Å². The molecule has 3 rings (SSSR count). The predicted octanol–water partition coefficient (Wildman–Crippen LogP) is 3.78. The fourth-order valence-electron chi connectivity index (χ4n) is 3.25. The van der Waals surface area contributed by atoms with Crippen LogP contribution in [0.2, 0.25) is 0 Å². The molecular formula is C26H23N3O3. The van der Waals surface area contributed by atoms with E-state index in [1.165, 1.54) is 0 Å². The van der Waals surface area contributed by atoms with Crippen LogP contribution in [0.1, 0.15) is 16.7 Å². The number of terminal acetylenes is 1. The first-order valence-electron chi connectivity index (χ1n) is 10.1. The number of hydrogen-bond acceptors (Lipinski definition) is 3.